The van der Waals surface area contributed by atoms with Crippen molar-refractivity contribution in [3.63, 3.8) is 0 Å². The number of rotatable bonds is 3. The van der Waals surface area contributed by atoms with Crippen LogP contribution in [0.15, 0.2) is 29.7 Å². The van der Waals surface area contributed by atoms with Gasteiger partial charge in [-0.05, 0) is 18.2 Å². The Kier molecular flexibility index (Phi) is 7.97. The van der Waals surface area contributed by atoms with Crippen LogP contribution in [-0.2, 0) is 39.2 Å². The number of nitrogens with two attached hydrogens (primary N) is 1. The number of hydrogen-bond acceptors (Lipinski definition) is 15. The predicted molar refractivity (Wildman–Crippen MR) is 146 cm³/mol. The van der Waals surface area contributed by atoms with Gasteiger partial charge in [-0.3, -0.25) is 18.9 Å². The molecule has 9 atom stereocenters. The molecule has 2 unspecified atom stereocenters. The van der Waals surface area contributed by atoms with Crippen LogP contribution in [0.25, 0.3) is 11.2 Å². The standard InChI is InChI=1S/C20H25N7O10P2S2/c21-20-25-17-14(18(29)26-20)24-8-27(17)19-16-15(28)12(35-19)6-33-38(30,40)36-11-4-10(34-13-1-2-22-7-23-13)3-9(11)5-32-39(31,41)37-16/h1-2,7-12,15-16,19,28H,3-6H2,(H,30,40)(H,31,41)(H3,21,25,26,29)/t9-,10-,11+,12-,15-,16-,19-,38?,39?/m1/s1. The first-order valence-corrected chi connectivity index (χ1v) is 17.6. The van der Waals surface area contributed by atoms with Crippen molar-refractivity contribution in [3.05, 3.63) is 35.3 Å². The summed E-state index contributed by atoms with van der Waals surface area (Å²) in [7, 11) is 0. The normalized spacial score (nSPS) is 38.1. The van der Waals surface area contributed by atoms with Crippen LogP contribution < -0.4 is 16.0 Å². The van der Waals surface area contributed by atoms with Crippen molar-refractivity contribution in [2.24, 2.45) is 5.92 Å². The van der Waals surface area contributed by atoms with E-state index >= 15 is 0 Å². The molecule has 5 N–H and O–H groups in total. The fourth-order valence-electron chi connectivity index (χ4n) is 5.02. The third-order valence-electron chi connectivity index (χ3n) is 6.84. The van der Waals surface area contributed by atoms with E-state index in [-0.39, 0.29) is 23.7 Å². The second-order valence-corrected chi connectivity index (χ2v) is 15.3. The third-order valence-corrected chi connectivity index (χ3v) is 10.0. The van der Waals surface area contributed by atoms with Crippen molar-refractivity contribution in [3.8, 4) is 5.88 Å². The summed E-state index contributed by atoms with van der Waals surface area (Å²) in [5.74, 6) is -0.284. The zero-order valence-corrected chi connectivity index (χ0v) is 24.4. The van der Waals surface area contributed by atoms with Crippen LogP contribution in [0.4, 0.5) is 5.95 Å². The molecule has 1 aliphatic carbocycles. The third kappa shape index (κ3) is 6.21. The lowest BCUT2D eigenvalue weighted by Crippen LogP contribution is -2.35. The van der Waals surface area contributed by atoms with Gasteiger partial charge in [-0.2, -0.15) is 4.98 Å². The lowest BCUT2D eigenvalue weighted by Gasteiger charge is -2.27. The van der Waals surface area contributed by atoms with E-state index in [1.165, 1.54) is 23.4 Å². The largest absolute Gasteiger partial charge is 0.474 e. The molecule has 0 aromatic carbocycles. The molecule has 0 radical (unpaired) electrons. The van der Waals surface area contributed by atoms with Gasteiger partial charge in [-0.25, -0.2) is 19.5 Å². The van der Waals surface area contributed by atoms with E-state index in [4.69, 9.17) is 45.1 Å². The molecule has 5 heterocycles. The molecule has 2 aliphatic heterocycles. The Hall–Kier alpha value is -2.02. The van der Waals surface area contributed by atoms with Crippen molar-refractivity contribution in [1.82, 2.24) is 29.5 Å². The van der Waals surface area contributed by atoms with Gasteiger partial charge in [0.15, 0.2) is 17.4 Å². The molecule has 222 valence electrons. The number of imidazole rings is 1. The average molecular weight is 650 g/mol. The number of fused-ring (bicyclic) bond motifs is 4. The smallest absolute Gasteiger partial charge is 0.386 e. The molecule has 3 aromatic rings. The van der Waals surface area contributed by atoms with Gasteiger partial charge in [0.1, 0.15) is 30.7 Å². The van der Waals surface area contributed by atoms with E-state index in [0.29, 0.717) is 18.7 Å². The first kappa shape index (κ1) is 29.1. The minimum atomic E-state index is -4.15. The van der Waals surface area contributed by atoms with E-state index in [1.807, 2.05) is 0 Å². The lowest BCUT2D eigenvalue weighted by molar-refractivity contribution is -0.0502. The quantitative estimate of drug-likeness (QED) is 0.194. The lowest BCUT2D eigenvalue weighted by atomic mass is 10.1. The number of nitrogen functional groups attached to an aromatic ring is 1. The van der Waals surface area contributed by atoms with Crippen molar-refractivity contribution in [2.75, 3.05) is 18.9 Å². The number of aliphatic hydroxyl groups excluding tert-OH is 1. The highest BCUT2D eigenvalue weighted by Crippen LogP contribution is 2.58. The first-order valence-electron chi connectivity index (χ1n) is 12.3. The van der Waals surface area contributed by atoms with Gasteiger partial charge in [0, 0.05) is 24.6 Å². The van der Waals surface area contributed by atoms with E-state index < -0.39 is 68.3 Å². The van der Waals surface area contributed by atoms with Crippen molar-refractivity contribution in [1.29, 1.82) is 0 Å². The maximum absolute atomic E-state index is 13.4. The summed E-state index contributed by atoms with van der Waals surface area (Å²) in [4.78, 5) is 41.6. The van der Waals surface area contributed by atoms with Crippen LogP contribution in [0.5, 0.6) is 5.88 Å². The number of nitrogens with one attached hydrogen (secondary N) is 1. The summed E-state index contributed by atoms with van der Waals surface area (Å²) in [6.07, 6.45) is -1.50. The van der Waals surface area contributed by atoms with Crippen molar-refractivity contribution < 1.29 is 42.1 Å². The molecule has 6 rings (SSSR count). The molecule has 3 aliphatic rings. The molecule has 3 aromatic heterocycles. The van der Waals surface area contributed by atoms with Gasteiger partial charge in [0.25, 0.3) is 5.56 Å². The molecule has 0 spiro atoms. The minimum Gasteiger partial charge on any atom is -0.474 e. The van der Waals surface area contributed by atoms with Crippen LogP contribution >= 0.6 is 25.8 Å². The van der Waals surface area contributed by atoms with Gasteiger partial charge in [0.2, 0.25) is 11.8 Å². The summed E-state index contributed by atoms with van der Waals surface area (Å²) in [6.45, 7) is -8.61. The topological polar surface area (TPSA) is 228 Å². The van der Waals surface area contributed by atoms with Crippen molar-refractivity contribution in [2.45, 2.75) is 49.6 Å². The second-order valence-electron chi connectivity index (χ2n) is 9.59. The predicted octanol–water partition coefficient (Wildman–Crippen LogP) is 0.680. The van der Waals surface area contributed by atoms with Gasteiger partial charge < -0.3 is 38.8 Å². The Balaban J connectivity index is 1.28. The maximum atomic E-state index is 13.4. The summed E-state index contributed by atoms with van der Waals surface area (Å²) in [5.41, 5.74) is 5.07. The van der Waals surface area contributed by atoms with Gasteiger partial charge in [-0.1, -0.05) is 12.2 Å². The van der Waals surface area contributed by atoms with Gasteiger partial charge in [-0.15, -0.1) is 0 Å². The molecular formula is C20H25N7O10P2S2. The van der Waals surface area contributed by atoms with Crippen molar-refractivity contribution >= 4 is 54.7 Å². The van der Waals surface area contributed by atoms with Gasteiger partial charge in [0.05, 0.1) is 25.6 Å². The number of nitrogens with zero attached hydrogens (tertiary/aromatic N) is 5. The average Bonchev–Trinajstić information content (AvgIpc) is 3.57. The molecular weight excluding hydrogens is 624 g/mol. The Morgan fingerprint density at radius 3 is 2.83 bits per heavy atom. The number of aromatic amines is 1. The maximum Gasteiger partial charge on any atom is 0.386 e. The SMILES string of the molecule is Nc1nc2c(ncn2[C@@H]2O[C@@H]3COP(O)(=S)O[C@H]4C[C@H](Oc5ccncn5)C[C@@H]4COP(=O)(S)O[C@@H]2[C@@H]3O)c(=O)[nH]1. The number of aromatic nitrogens is 6. The zero-order chi connectivity index (χ0) is 28.9. The molecule has 1 saturated carbocycles. The van der Waals surface area contributed by atoms with Crippen LogP contribution in [0.3, 0.4) is 0 Å². The number of thiol groups is 1. The number of anilines is 1. The Bertz CT molecular complexity index is 1580. The zero-order valence-electron chi connectivity index (χ0n) is 20.9. The number of hydrogen-bond donors (Lipinski definition) is 5. The number of H-pyrrole nitrogens is 1. The molecule has 2 bridgehead atoms. The molecule has 2 saturated heterocycles. The van der Waals surface area contributed by atoms with E-state index in [2.05, 4.69) is 37.2 Å². The highest BCUT2D eigenvalue weighted by Gasteiger charge is 2.51. The minimum absolute atomic E-state index is 0.0220. The van der Waals surface area contributed by atoms with E-state index in [1.54, 1.807) is 6.07 Å². The molecule has 21 heteroatoms. The van der Waals surface area contributed by atoms with E-state index in [9.17, 15) is 19.4 Å². The number of ether oxygens (including phenoxy) is 2. The van der Waals surface area contributed by atoms with E-state index in [0.717, 1.165) is 0 Å². The van der Waals surface area contributed by atoms with Crippen LogP contribution in [0.1, 0.15) is 19.1 Å². The molecule has 17 nitrogen and oxygen atoms in total. The molecule has 0 amide bonds. The molecule has 3 fully saturated rings. The highest BCUT2D eigenvalue weighted by molar-refractivity contribution is 8.44. The highest BCUT2D eigenvalue weighted by atomic mass is 32.7. The summed E-state index contributed by atoms with van der Waals surface area (Å²) in [6, 6.07) is 1.60. The second kappa shape index (κ2) is 11.2. The van der Waals surface area contributed by atoms with Crippen LogP contribution in [0, 0.1) is 5.92 Å². The summed E-state index contributed by atoms with van der Waals surface area (Å²) < 4.78 is 49.3. The van der Waals surface area contributed by atoms with Gasteiger partial charge >= 0.3 is 13.5 Å². The Morgan fingerprint density at radius 1 is 1.22 bits per heavy atom. The first-order chi connectivity index (χ1) is 19.5. The monoisotopic (exact) mass is 649 g/mol. The Morgan fingerprint density at radius 2 is 2.05 bits per heavy atom. The summed E-state index contributed by atoms with van der Waals surface area (Å²) >= 11 is 9.39. The van der Waals surface area contributed by atoms with Crippen LogP contribution in [-0.4, -0.2) is 83.2 Å². The number of aliphatic hydroxyl groups is 1. The molecule has 41 heavy (non-hydrogen) atoms. The van der Waals surface area contributed by atoms with Crippen LogP contribution in [0.2, 0.25) is 0 Å². The fourth-order valence-corrected chi connectivity index (χ4v) is 8.04. The summed E-state index contributed by atoms with van der Waals surface area (Å²) in [5, 5.41) is 11.1. The fraction of sp³-hybridized carbons (Fsp3) is 0.550. The Labute approximate surface area is 241 Å².